The number of nitrogens with zero attached hydrogens (tertiary/aromatic N) is 1. The van der Waals surface area contributed by atoms with Gasteiger partial charge in [0.25, 0.3) is 5.91 Å². The Balaban J connectivity index is 1.71. The van der Waals surface area contributed by atoms with E-state index in [1.165, 1.54) is 0 Å². The van der Waals surface area contributed by atoms with E-state index in [2.05, 4.69) is 27.8 Å². The molecule has 0 spiro atoms. The van der Waals surface area contributed by atoms with E-state index in [9.17, 15) is 9.59 Å². The zero-order valence-electron chi connectivity index (χ0n) is 15.1. The van der Waals surface area contributed by atoms with Crippen LogP contribution in [0.3, 0.4) is 0 Å². The fourth-order valence-electron chi connectivity index (χ4n) is 3.12. The van der Waals surface area contributed by atoms with Crippen LogP contribution >= 0.6 is 0 Å². The third-order valence-corrected chi connectivity index (χ3v) is 4.48. The highest BCUT2D eigenvalue weighted by Crippen LogP contribution is 2.25. The van der Waals surface area contributed by atoms with Crippen molar-refractivity contribution in [3.63, 3.8) is 0 Å². The molecule has 1 aliphatic carbocycles. The maximum absolute atomic E-state index is 12.6. The monoisotopic (exact) mass is 349 g/mol. The minimum absolute atomic E-state index is 0.0450. The molecule has 1 aromatic heterocycles. The van der Waals surface area contributed by atoms with Crippen LogP contribution in [-0.4, -0.2) is 16.8 Å². The number of rotatable bonds is 5. The number of aryl methyl sites for hydroxylation is 2. The molecular formula is C21H23N3O2. The topological polar surface area (TPSA) is 71.1 Å². The summed E-state index contributed by atoms with van der Waals surface area (Å²) in [5, 5.41) is 5.79. The van der Waals surface area contributed by atoms with Crippen molar-refractivity contribution in [2.45, 2.75) is 33.1 Å². The van der Waals surface area contributed by atoms with Gasteiger partial charge in [-0.3, -0.25) is 14.6 Å². The maximum Gasteiger partial charge on any atom is 0.257 e. The molecule has 0 unspecified atom stereocenters. The fourth-order valence-corrected chi connectivity index (χ4v) is 3.12. The number of carbonyl (C=O) groups is 2. The molecule has 0 saturated heterocycles. The molecule has 1 aromatic carbocycles. The molecule has 5 nitrogen and oxygen atoms in total. The Morgan fingerprint density at radius 2 is 1.81 bits per heavy atom. The van der Waals surface area contributed by atoms with Gasteiger partial charge in [0.05, 0.1) is 22.6 Å². The van der Waals surface area contributed by atoms with Crippen molar-refractivity contribution in [1.82, 2.24) is 4.98 Å². The summed E-state index contributed by atoms with van der Waals surface area (Å²) in [6, 6.07) is 10.8. The van der Waals surface area contributed by atoms with E-state index in [1.807, 2.05) is 32.0 Å². The van der Waals surface area contributed by atoms with Gasteiger partial charge in [-0.2, -0.15) is 0 Å². The molecule has 2 aromatic rings. The first-order valence-electron chi connectivity index (χ1n) is 8.84. The first kappa shape index (κ1) is 17.9. The number of hydrogen-bond acceptors (Lipinski definition) is 3. The van der Waals surface area contributed by atoms with Gasteiger partial charge in [-0.1, -0.05) is 24.3 Å². The van der Waals surface area contributed by atoms with E-state index in [-0.39, 0.29) is 11.8 Å². The van der Waals surface area contributed by atoms with E-state index in [1.54, 1.807) is 18.2 Å². The molecule has 26 heavy (non-hydrogen) atoms. The highest BCUT2D eigenvalue weighted by atomic mass is 16.2. The number of nitrogens with one attached hydrogen (secondary N) is 2. The summed E-state index contributed by atoms with van der Waals surface area (Å²) in [5.74, 6) is 0.0184. The molecule has 2 N–H and O–H groups in total. The van der Waals surface area contributed by atoms with Crippen molar-refractivity contribution in [1.29, 1.82) is 0 Å². The van der Waals surface area contributed by atoms with E-state index in [4.69, 9.17) is 0 Å². The Hall–Kier alpha value is -2.95. The summed E-state index contributed by atoms with van der Waals surface area (Å²) in [4.78, 5) is 29.2. The number of amides is 2. The van der Waals surface area contributed by atoms with Gasteiger partial charge in [-0.15, -0.1) is 0 Å². The highest BCUT2D eigenvalue weighted by molar-refractivity contribution is 6.07. The summed E-state index contributed by atoms with van der Waals surface area (Å²) in [5.41, 5.74) is 3.25. The van der Waals surface area contributed by atoms with Gasteiger partial charge >= 0.3 is 0 Å². The minimum Gasteiger partial charge on any atom is -0.324 e. The van der Waals surface area contributed by atoms with Crippen LogP contribution in [0.1, 0.15) is 41.0 Å². The van der Waals surface area contributed by atoms with Crippen LogP contribution in [0, 0.1) is 19.8 Å². The van der Waals surface area contributed by atoms with Gasteiger partial charge in [0.15, 0.2) is 0 Å². The molecule has 0 fully saturated rings. The van der Waals surface area contributed by atoms with Gasteiger partial charge in [0.1, 0.15) is 0 Å². The van der Waals surface area contributed by atoms with Crippen LogP contribution in [0.15, 0.2) is 48.6 Å². The van der Waals surface area contributed by atoms with Gasteiger partial charge in [-0.05, 0) is 56.9 Å². The van der Waals surface area contributed by atoms with Gasteiger partial charge < -0.3 is 10.6 Å². The van der Waals surface area contributed by atoms with Crippen molar-refractivity contribution >= 4 is 23.2 Å². The molecule has 1 atom stereocenters. The van der Waals surface area contributed by atoms with Crippen molar-refractivity contribution in [2.75, 3.05) is 10.6 Å². The van der Waals surface area contributed by atoms with Crippen molar-refractivity contribution in [2.24, 2.45) is 5.92 Å². The van der Waals surface area contributed by atoms with E-state index in [0.29, 0.717) is 35.0 Å². The summed E-state index contributed by atoms with van der Waals surface area (Å²) in [6.45, 7) is 3.70. The Kier molecular flexibility index (Phi) is 5.46. The zero-order chi connectivity index (χ0) is 18.5. The number of carbonyl (C=O) groups excluding carboxylic acids is 2. The van der Waals surface area contributed by atoms with Crippen LogP contribution in [0.2, 0.25) is 0 Å². The first-order chi connectivity index (χ1) is 12.5. The molecule has 2 amide bonds. The van der Waals surface area contributed by atoms with Gasteiger partial charge in [0, 0.05) is 12.1 Å². The lowest BCUT2D eigenvalue weighted by Crippen LogP contribution is -2.18. The Labute approximate surface area is 153 Å². The number of pyridine rings is 1. The van der Waals surface area contributed by atoms with Crippen LogP contribution in [0.25, 0.3) is 0 Å². The Bertz CT molecular complexity index is 858. The lowest BCUT2D eigenvalue weighted by molar-refractivity contribution is -0.116. The number of aromatic nitrogens is 1. The zero-order valence-corrected chi connectivity index (χ0v) is 15.1. The summed E-state index contributed by atoms with van der Waals surface area (Å²) < 4.78 is 0. The predicted octanol–water partition coefficient (Wildman–Crippen LogP) is 4.25. The van der Waals surface area contributed by atoms with Crippen LogP contribution in [0.4, 0.5) is 11.4 Å². The summed E-state index contributed by atoms with van der Waals surface area (Å²) in [7, 11) is 0. The molecule has 3 rings (SSSR count). The second-order valence-electron chi connectivity index (χ2n) is 6.60. The van der Waals surface area contributed by atoms with Crippen LogP contribution < -0.4 is 10.6 Å². The minimum atomic E-state index is -0.240. The van der Waals surface area contributed by atoms with Gasteiger partial charge in [-0.25, -0.2) is 0 Å². The smallest absolute Gasteiger partial charge is 0.257 e. The number of allylic oxidation sites excluding steroid dienone is 2. The molecular weight excluding hydrogens is 326 g/mol. The quantitative estimate of drug-likeness (QED) is 0.793. The van der Waals surface area contributed by atoms with E-state index in [0.717, 1.165) is 18.5 Å². The maximum atomic E-state index is 12.6. The predicted molar refractivity (Wildman–Crippen MR) is 103 cm³/mol. The number of benzene rings is 1. The molecule has 5 heteroatoms. The number of hydrogen-bond donors (Lipinski definition) is 2. The van der Waals surface area contributed by atoms with Crippen molar-refractivity contribution in [3.8, 4) is 0 Å². The summed E-state index contributed by atoms with van der Waals surface area (Å²) in [6.07, 6.45) is 6.73. The lowest BCUT2D eigenvalue weighted by atomic mass is 10.0. The molecule has 0 saturated carbocycles. The largest absolute Gasteiger partial charge is 0.324 e. The Morgan fingerprint density at radius 3 is 2.46 bits per heavy atom. The van der Waals surface area contributed by atoms with E-state index < -0.39 is 0 Å². The standard InChI is InChI=1S/C21H23N3O2/c1-14-11-12-17(15(2)22-14)21(26)24-19-10-6-5-9-18(19)23-20(25)13-16-7-3-4-8-16/h3,5-7,9-12,16H,4,8,13H2,1-2H3,(H,23,25)(H,24,26)/t16-/m1/s1. The van der Waals surface area contributed by atoms with E-state index >= 15 is 0 Å². The van der Waals surface area contributed by atoms with Crippen LogP contribution in [0.5, 0.6) is 0 Å². The first-order valence-corrected chi connectivity index (χ1v) is 8.84. The SMILES string of the molecule is Cc1ccc(C(=O)Nc2ccccc2NC(=O)C[C@@H]2C=CCC2)c(C)n1. The third-order valence-electron chi connectivity index (χ3n) is 4.48. The van der Waals surface area contributed by atoms with Crippen LogP contribution in [-0.2, 0) is 4.79 Å². The second-order valence-corrected chi connectivity index (χ2v) is 6.60. The second kappa shape index (κ2) is 7.95. The molecule has 0 radical (unpaired) electrons. The average Bonchev–Trinajstić information content (AvgIpc) is 3.09. The number of anilines is 2. The third kappa shape index (κ3) is 4.36. The Morgan fingerprint density at radius 1 is 1.08 bits per heavy atom. The van der Waals surface area contributed by atoms with Crippen molar-refractivity contribution < 1.29 is 9.59 Å². The molecule has 0 aliphatic heterocycles. The average molecular weight is 349 g/mol. The van der Waals surface area contributed by atoms with Gasteiger partial charge in [0.2, 0.25) is 5.91 Å². The molecule has 1 heterocycles. The fraction of sp³-hybridized carbons (Fsp3) is 0.286. The number of para-hydroxylation sites is 2. The molecule has 0 bridgehead atoms. The highest BCUT2D eigenvalue weighted by Gasteiger charge is 2.16. The molecule has 1 aliphatic rings. The van der Waals surface area contributed by atoms with Crippen molar-refractivity contribution in [3.05, 3.63) is 65.5 Å². The normalized spacial score (nSPS) is 15.7. The molecule has 134 valence electrons. The summed E-state index contributed by atoms with van der Waals surface area (Å²) >= 11 is 0. The lowest BCUT2D eigenvalue weighted by Gasteiger charge is -2.14.